The maximum absolute atomic E-state index is 12.3. The lowest BCUT2D eigenvalue weighted by atomic mass is 10.2. The van der Waals surface area contributed by atoms with E-state index in [0.717, 1.165) is 23.1 Å². The fraction of sp³-hybridized carbons (Fsp3) is 0.222. The van der Waals surface area contributed by atoms with Crippen molar-refractivity contribution < 1.29 is 18.0 Å². The summed E-state index contributed by atoms with van der Waals surface area (Å²) in [5.41, 5.74) is -0.758. The van der Waals surface area contributed by atoms with Gasteiger partial charge < -0.3 is 4.90 Å². The van der Waals surface area contributed by atoms with Crippen LogP contribution in [0.25, 0.3) is 0 Å². The quantitative estimate of drug-likeness (QED) is 0.555. The molecular weight excluding hydrogens is 266 g/mol. The fourth-order valence-electron chi connectivity index (χ4n) is 1.04. The number of rotatable bonds is 1. The van der Waals surface area contributed by atoms with Crippen LogP contribution in [0.2, 0.25) is 5.02 Å². The Labute approximate surface area is 99.6 Å². The van der Waals surface area contributed by atoms with Crippen molar-refractivity contribution in [1.82, 2.24) is 0 Å². The second kappa shape index (κ2) is 4.51. The highest BCUT2D eigenvalue weighted by Crippen LogP contribution is 2.36. The molecule has 0 N–H and O–H groups in total. The number of anilines is 1. The van der Waals surface area contributed by atoms with E-state index in [2.05, 4.69) is 0 Å². The van der Waals surface area contributed by atoms with Gasteiger partial charge in [-0.15, -0.1) is 0 Å². The molecule has 0 radical (unpaired) electrons. The summed E-state index contributed by atoms with van der Waals surface area (Å²) in [4.78, 5) is 11.7. The van der Waals surface area contributed by atoms with Crippen molar-refractivity contribution in [2.75, 3.05) is 11.9 Å². The lowest BCUT2D eigenvalue weighted by molar-refractivity contribution is -0.137. The second-order valence-corrected chi connectivity index (χ2v) is 3.70. The van der Waals surface area contributed by atoms with Crippen molar-refractivity contribution in [2.45, 2.75) is 6.18 Å². The normalized spacial score (nSPS) is 11.4. The standard InChI is InChI=1S/C9H6Cl2F3NO/c1-15(8(11)16)5-2-3-6(7(10)4-5)9(12,13)14/h2-4H,1H3. The van der Waals surface area contributed by atoms with E-state index in [1.165, 1.54) is 7.05 Å². The van der Waals surface area contributed by atoms with Gasteiger partial charge in [0.2, 0.25) is 0 Å². The van der Waals surface area contributed by atoms with Gasteiger partial charge in [0.25, 0.3) is 0 Å². The van der Waals surface area contributed by atoms with Gasteiger partial charge in [-0.2, -0.15) is 13.2 Å². The Morgan fingerprint density at radius 2 is 1.94 bits per heavy atom. The van der Waals surface area contributed by atoms with E-state index in [0.29, 0.717) is 0 Å². The Kier molecular flexibility index (Phi) is 3.70. The largest absolute Gasteiger partial charge is 0.417 e. The van der Waals surface area contributed by atoms with Gasteiger partial charge in [-0.25, -0.2) is 0 Å². The minimum Gasteiger partial charge on any atom is -0.302 e. The van der Waals surface area contributed by atoms with Crippen LogP contribution in [-0.2, 0) is 6.18 Å². The Bertz CT molecular complexity index is 420. The molecule has 2 nitrogen and oxygen atoms in total. The molecule has 1 aromatic carbocycles. The summed E-state index contributed by atoms with van der Waals surface area (Å²) in [6.45, 7) is 0. The molecule has 1 rings (SSSR count). The third-order valence-electron chi connectivity index (χ3n) is 1.91. The predicted molar refractivity (Wildman–Crippen MR) is 56.1 cm³/mol. The minimum absolute atomic E-state index is 0.193. The third-order valence-corrected chi connectivity index (χ3v) is 2.48. The number of hydrogen-bond donors (Lipinski definition) is 0. The van der Waals surface area contributed by atoms with E-state index >= 15 is 0 Å². The van der Waals surface area contributed by atoms with Crippen LogP contribution >= 0.6 is 23.2 Å². The van der Waals surface area contributed by atoms with Crippen molar-refractivity contribution in [1.29, 1.82) is 0 Å². The van der Waals surface area contributed by atoms with Crippen molar-refractivity contribution in [3.05, 3.63) is 28.8 Å². The molecule has 0 aromatic heterocycles. The molecule has 0 saturated heterocycles. The molecule has 0 atom stereocenters. The van der Waals surface area contributed by atoms with Crippen molar-refractivity contribution in [3.63, 3.8) is 0 Å². The number of alkyl halides is 3. The van der Waals surface area contributed by atoms with Crippen LogP contribution in [0.15, 0.2) is 18.2 Å². The summed E-state index contributed by atoms with van der Waals surface area (Å²) in [6, 6.07) is 2.95. The van der Waals surface area contributed by atoms with E-state index in [1.54, 1.807) is 0 Å². The molecule has 0 fully saturated rings. The Morgan fingerprint density at radius 1 is 1.38 bits per heavy atom. The first-order valence-corrected chi connectivity index (χ1v) is 4.79. The van der Waals surface area contributed by atoms with E-state index in [-0.39, 0.29) is 5.69 Å². The number of carbonyl (C=O) groups excluding carboxylic acids is 1. The molecule has 1 aromatic rings. The zero-order valence-electron chi connectivity index (χ0n) is 7.98. The van der Waals surface area contributed by atoms with Gasteiger partial charge in [0.1, 0.15) is 0 Å². The predicted octanol–water partition coefficient (Wildman–Crippen LogP) is 4.15. The molecule has 0 bridgehead atoms. The van der Waals surface area contributed by atoms with E-state index in [1.807, 2.05) is 0 Å². The van der Waals surface area contributed by atoms with Crippen molar-refractivity contribution in [3.8, 4) is 0 Å². The van der Waals surface area contributed by atoms with Gasteiger partial charge >= 0.3 is 11.5 Å². The highest BCUT2D eigenvalue weighted by atomic mass is 35.5. The molecule has 1 amide bonds. The monoisotopic (exact) mass is 271 g/mol. The van der Waals surface area contributed by atoms with E-state index in [9.17, 15) is 18.0 Å². The molecular formula is C9H6Cl2F3NO. The summed E-state index contributed by atoms with van der Waals surface area (Å²) in [5, 5.41) is -1.29. The molecule has 0 saturated carbocycles. The van der Waals surface area contributed by atoms with Crippen LogP contribution in [0.3, 0.4) is 0 Å². The highest BCUT2D eigenvalue weighted by Gasteiger charge is 2.33. The third kappa shape index (κ3) is 2.80. The fourth-order valence-corrected chi connectivity index (χ4v) is 1.42. The lowest BCUT2D eigenvalue weighted by Crippen LogP contribution is -2.19. The van der Waals surface area contributed by atoms with Gasteiger partial charge in [-0.3, -0.25) is 4.79 Å². The number of amides is 1. The summed E-state index contributed by atoms with van der Waals surface area (Å²) in [7, 11) is 1.33. The van der Waals surface area contributed by atoms with Crippen LogP contribution in [0.5, 0.6) is 0 Å². The van der Waals surface area contributed by atoms with E-state index < -0.39 is 22.1 Å². The molecule has 0 unspecified atom stereocenters. The molecule has 0 spiro atoms. The van der Waals surface area contributed by atoms with Gasteiger partial charge in [0.15, 0.2) is 0 Å². The minimum atomic E-state index is -4.51. The Morgan fingerprint density at radius 3 is 2.31 bits per heavy atom. The van der Waals surface area contributed by atoms with Gasteiger partial charge in [0.05, 0.1) is 10.6 Å². The summed E-state index contributed by atoms with van der Waals surface area (Å²) >= 11 is 10.6. The Hall–Kier alpha value is -0.940. The molecule has 7 heteroatoms. The maximum Gasteiger partial charge on any atom is 0.417 e. The SMILES string of the molecule is CN(C(=O)Cl)c1ccc(C(F)(F)F)c(Cl)c1. The van der Waals surface area contributed by atoms with Crippen molar-refractivity contribution in [2.24, 2.45) is 0 Å². The van der Waals surface area contributed by atoms with Crippen molar-refractivity contribution >= 4 is 34.3 Å². The number of benzene rings is 1. The highest BCUT2D eigenvalue weighted by molar-refractivity contribution is 6.66. The van der Waals surface area contributed by atoms with Gasteiger partial charge in [-0.1, -0.05) is 11.6 Å². The Balaban J connectivity index is 3.14. The zero-order chi connectivity index (χ0) is 12.5. The van der Waals surface area contributed by atoms with Gasteiger partial charge in [0, 0.05) is 12.7 Å². The summed E-state index contributed by atoms with van der Waals surface area (Å²) in [6.07, 6.45) is -4.51. The first-order valence-electron chi connectivity index (χ1n) is 4.03. The van der Waals surface area contributed by atoms with Crippen LogP contribution in [0, 0.1) is 0 Å². The molecule has 0 aliphatic rings. The lowest BCUT2D eigenvalue weighted by Gasteiger charge is -2.15. The molecule has 0 aliphatic carbocycles. The summed E-state index contributed by atoms with van der Waals surface area (Å²) < 4.78 is 37.0. The van der Waals surface area contributed by atoms with Crippen LogP contribution in [-0.4, -0.2) is 12.4 Å². The molecule has 88 valence electrons. The molecule has 0 heterocycles. The average molecular weight is 272 g/mol. The zero-order valence-corrected chi connectivity index (χ0v) is 9.49. The van der Waals surface area contributed by atoms with E-state index in [4.69, 9.17) is 23.2 Å². The molecule has 0 aliphatic heterocycles. The molecule has 16 heavy (non-hydrogen) atoms. The maximum atomic E-state index is 12.3. The number of nitrogens with zero attached hydrogens (tertiary/aromatic N) is 1. The number of carbonyl (C=O) groups is 1. The van der Waals surface area contributed by atoms with Crippen LogP contribution in [0.1, 0.15) is 5.56 Å². The topological polar surface area (TPSA) is 20.3 Å². The first-order chi connectivity index (χ1) is 7.23. The van der Waals surface area contributed by atoms with Crippen LogP contribution < -0.4 is 4.90 Å². The number of hydrogen-bond acceptors (Lipinski definition) is 1. The van der Waals surface area contributed by atoms with Crippen LogP contribution in [0.4, 0.5) is 23.7 Å². The van der Waals surface area contributed by atoms with Gasteiger partial charge in [-0.05, 0) is 29.8 Å². The summed E-state index contributed by atoms with van der Waals surface area (Å²) in [5.74, 6) is 0. The second-order valence-electron chi connectivity index (χ2n) is 2.97. The first kappa shape index (κ1) is 13.1. The average Bonchev–Trinajstić information content (AvgIpc) is 2.14. The number of halogens is 5. The smallest absolute Gasteiger partial charge is 0.302 e.